The lowest BCUT2D eigenvalue weighted by atomic mass is 10.2. The van der Waals surface area contributed by atoms with E-state index in [1.165, 1.54) is 0 Å². The fourth-order valence-electron chi connectivity index (χ4n) is 2.60. The second kappa shape index (κ2) is 7.31. The van der Waals surface area contributed by atoms with Crippen LogP contribution in [0.5, 0.6) is 0 Å². The van der Waals surface area contributed by atoms with Crippen molar-refractivity contribution in [2.24, 2.45) is 7.05 Å². The SMILES string of the molecule is COCCn1cnnc1[C@@H](C)NC(=O)Nc1ccc2c(c1)ncn2C. The lowest BCUT2D eigenvalue weighted by Gasteiger charge is -2.15. The van der Waals surface area contributed by atoms with Crippen LogP contribution in [-0.4, -0.2) is 44.1 Å². The molecule has 2 N–H and O–H groups in total. The number of rotatable bonds is 6. The summed E-state index contributed by atoms with van der Waals surface area (Å²) in [4.78, 5) is 16.5. The highest BCUT2D eigenvalue weighted by Crippen LogP contribution is 2.17. The van der Waals surface area contributed by atoms with Crippen LogP contribution in [0.25, 0.3) is 11.0 Å². The number of amides is 2. The highest BCUT2D eigenvalue weighted by atomic mass is 16.5. The van der Waals surface area contributed by atoms with Crippen LogP contribution in [0.2, 0.25) is 0 Å². The molecular weight excluding hydrogens is 322 g/mol. The van der Waals surface area contributed by atoms with Crippen LogP contribution in [0, 0.1) is 0 Å². The molecule has 0 aliphatic rings. The first-order valence-electron chi connectivity index (χ1n) is 7.93. The predicted octanol–water partition coefficient (Wildman–Crippen LogP) is 1.69. The number of carbonyl (C=O) groups excluding carboxylic acids is 1. The van der Waals surface area contributed by atoms with Gasteiger partial charge in [0.25, 0.3) is 0 Å². The van der Waals surface area contributed by atoms with Gasteiger partial charge in [0.05, 0.1) is 30.0 Å². The molecular formula is C16H21N7O2. The van der Waals surface area contributed by atoms with Gasteiger partial charge in [-0.25, -0.2) is 9.78 Å². The number of benzene rings is 1. The molecule has 25 heavy (non-hydrogen) atoms. The number of aryl methyl sites for hydroxylation is 1. The van der Waals surface area contributed by atoms with E-state index in [2.05, 4.69) is 25.8 Å². The Balaban J connectivity index is 1.64. The van der Waals surface area contributed by atoms with E-state index >= 15 is 0 Å². The quantitative estimate of drug-likeness (QED) is 0.710. The number of urea groups is 1. The van der Waals surface area contributed by atoms with Crippen molar-refractivity contribution in [1.29, 1.82) is 0 Å². The molecule has 2 heterocycles. The molecule has 0 fully saturated rings. The Labute approximate surface area is 145 Å². The molecule has 3 rings (SSSR count). The summed E-state index contributed by atoms with van der Waals surface area (Å²) in [5.41, 5.74) is 2.51. The van der Waals surface area contributed by atoms with Crippen molar-refractivity contribution in [3.05, 3.63) is 36.7 Å². The lowest BCUT2D eigenvalue weighted by molar-refractivity contribution is 0.185. The van der Waals surface area contributed by atoms with E-state index in [0.29, 0.717) is 24.7 Å². The number of ether oxygens (including phenoxy) is 1. The fraction of sp³-hybridized carbons (Fsp3) is 0.375. The summed E-state index contributed by atoms with van der Waals surface area (Å²) < 4.78 is 8.84. The van der Waals surface area contributed by atoms with Gasteiger partial charge in [-0.1, -0.05) is 0 Å². The van der Waals surface area contributed by atoms with E-state index < -0.39 is 0 Å². The average molecular weight is 343 g/mol. The van der Waals surface area contributed by atoms with Gasteiger partial charge < -0.3 is 24.5 Å². The normalized spacial score (nSPS) is 12.3. The van der Waals surface area contributed by atoms with Gasteiger partial charge in [0.2, 0.25) is 0 Å². The molecule has 0 spiro atoms. The molecule has 0 aliphatic carbocycles. The molecule has 9 nitrogen and oxygen atoms in total. The van der Waals surface area contributed by atoms with Crippen molar-refractivity contribution < 1.29 is 9.53 Å². The van der Waals surface area contributed by atoms with Gasteiger partial charge >= 0.3 is 6.03 Å². The average Bonchev–Trinajstić information content (AvgIpc) is 3.19. The van der Waals surface area contributed by atoms with Gasteiger partial charge in [-0.2, -0.15) is 0 Å². The summed E-state index contributed by atoms with van der Waals surface area (Å²) in [6.45, 7) is 3.03. The molecule has 0 saturated carbocycles. The predicted molar refractivity (Wildman–Crippen MR) is 93.2 cm³/mol. The number of anilines is 1. The third-order valence-electron chi connectivity index (χ3n) is 3.90. The first-order chi connectivity index (χ1) is 12.1. The summed E-state index contributed by atoms with van der Waals surface area (Å²) >= 11 is 0. The molecule has 1 aromatic carbocycles. The highest BCUT2D eigenvalue weighted by molar-refractivity contribution is 5.92. The number of carbonyl (C=O) groups is 1. The van der Waals surface area contributed by atoms with Crippen LogP contribution >= 0.6 is 0 Å². The third-order valence-corrected chi connectivity index (χ3v) is 3.90. The molecule has 132 valence electrons. The Morgan fingerprint density at radius 1 is 1.36 bits per heavy atom. The Bertz CT molecular complexity index is 870. The summed E-state index contributed by atoms with van der Waals surface area (Å²) in [6, 6.07) is 4.99. The number of methoxy groups -OCH3 is 1. The van der Waals surface area contributed by atoms with E-state index in [4.69, 9.17) is 4.74 Å². The van der Waals surface area contributed by atoms with E-state index in [9.17, 15) is 4.79 Å². The summed E-state index contributed by atoms with van der Waals surface area (Å²) in [5, 5.41) is 13.7. The zero-order valence-corrected chi connectivity index (χ0v) is 14.4. The number of imidazole rings is 1. The van der Waals surface area contributed by atoms with Gasteiger partial charge in [0.1, 0.15) is 6.33 Å². The lowest BCUT2D eigenvalue weighted by Crippen LogP contribution is -2.32. The number of aromatic nitrogens is 5. The number of hydrogen-bond acceptors (Lipinski definition) is 5. The molecule has 2 amide bonds. The van der Waals surface area contributed by atoms with Crippen LogP contribution in [0.15, 0.2) is 30.9 Å². The Morgan fingerprint density at radius 3 is 3.00 bits per heavy atom. The van der Waals surface area contributed by atoms with E-state index in [0.717, 1.165) is 11.0 Å². The van der Waals surface area contributed by atoms with Gasteiger partial charge in [-0.15, -0.1) is 10.2 Å². The van der Waals surface area contributed by atoms with Gasteiger partial charge in [-0.3, -0.25) is 0 Å². The van der Waals surface area contributed by atoms with Gasteiger partial charge in [0, 0.05) is 26.4 Å². The maximum Gasteiger partial charge on any atom is 0.319 e. The topological polar surface area (TPSA) is 98.9 Å². The third kappa shape index (κ3) is 3.77. The Kier molecular flexibility index (Phi) is 4.94. The van der Waals surface area contributed by atoms with Crippen LogP contribution in [0.4, 0.5) is 10.5 Å². The maximum atomic E-state index is 12.3. The molecule has 0 unspecified atom stereocenters. The maximum absolute atomic E-state index is 12.3. The fourth-order valence-corrected chi connectivity index (χ4v) is 2.60. The first kappa shape index (κ1) is 16.9. The number of fused-ring (bicyclic) bond motifs is 1. The molecule has 0 radical (unpaired) electrons. The minimum Gasteiger partial charge on any atom is -0.383 e. The largest absolute Gasteiger partial charge is 0.383 e. The molecule has 0 saturated heterocycles. The summed E-state index contributed by atoms with van der Waals surface area (Å²) in [5.74, 6) is 0.673. The molecule has 0 aliphatic heterocycles. The molecule has 0 bridgehead atoms. The van der Waals surface area contributed by atoms with Crippen molar-refractivity contribution in [3.8, 4) is 0 Å². The van der Waals surface area contributed by atoms with Crippen LogP contribution in [0.3, 0.4) is 0 Å². The smallest absolute Gasteiger partial charge is 0.319 e. The Hall–Kier alpha value is -2.94. The molecule has 2 aromatic heterocycles. The van der Waals surface area contributed by atoms with Crippen LogP contribution < -0.4 is 10.6 Å². The second-order valence-corrected chi connectivity index (χ2v) is 5.75. The minimum absolute atomic E-state index is 0.294. The van der Waals surface area contributed by atoms with Gasteiger partial charge in [-0.05, 0) is 25.1 Å². The van der Waals surface area contributed by atoms with E-state index in [1.54, 1.807) is 19.8 Å². The van der Waals surface area contributed by atoms with Gasteiger partial charge in [0.15, 0.2) is 5.82 Å². The van der Waals surface area contributed by atoms with Crippen molar-refractivity contribution in [1.82, 2.24) is 29.6 Å². The summed E-state index contributed by atoms with van der Waals surface area (Å²) in [7, 11) is 3.56. The first-order valence-corrected chi connectivity index (χ1v) is 7.93. The Morgan fingerprint density at radius 2 is 2.20 bits per heavy atom. The van der Waals surface area contributed by atoms with Crippen LogP contribution in [0.1, 0.15) is 18.8 Å². The van der Waals surface area contributed by atoms with Crippen LogP contribution in [-0.2, 0) is 18.3 Å². The molecule has 9 heteroatoms. The number of nitrogens with zero attached hydrogens (tertiary/aromatic N) is 5. The molecule has 3 aromatic rings. The monoisotopic (exact) mass is 343 g/mol. The molecule has 1 atom stereocenters. The van der Waals surface area contributed by atoms with E-state index in [-0.39, 0.29) is 12.1 Å². The zero-order chi connectivity index (χ0) is 17.8. The van der Waals surface area contributed by atoms with Crippen molar-refractivity contribution in [2.75, 3.05) is 19.0 Å². The summed E-state index contributed by atoms with van der Waals surface area (Å²) in [6.07, 6.45) is 3.36. The zero-order valence-electron chi connectivity index (χ0n) is 14.4. The number of nitrogens with one attached hydrogen (secondary N) is 2. The second-order valence-electron chi connectivity index (χ2n) is 5.75. The van der Waals surface area contributed by atoms with Crippen molar-refractivity contribution in [2.45, 2.75) is 19.5 Å². The van der Waals surface area contributed by atoms with Crippen molar-refractivity contribution >= 4 is 22.8 Å². The van der Waals surface area contributed by atoms with E-state index in [1.807, 2.05) is 41.3 Å². The minimum atomic E-state index is -0.316. The highest BCUT2D eigenvalue weighted by Gasteiger charge is 2.16. The standard InChI is InChI=1S/C16H21N7O2/c1-11(15-21-18-10-23(15)6-7-25-3)19-16(24)20-12-4-5-14-13(8-12)17-9-22(14)2/h4-5,8-11H,6-7H2,1-3H3,(H2,19,20,24)/t11-/m1/s1. The van der Waals surface area contributed by atoms with Crippen molar-refractivity contribution in [3.63, 3.8) is 0 Å². The number of hydrogen-bond donors (Lipinski definition) is 2.